The van der Waals surface area contributed by atoms with E-state index < -0.39 is 12.1 Å². The molecule has 1 amide bonds. The number of hydrogen-bond acceptors (Lipinski definition) is 4. The number of nitrogens with zero attached hydrogens (tertiary/aromatic N) is 2. The van der Waals surface area contributed by atoms with E-state index in [1.54, 1.807) is 0 Å². The van der Waals surface area contributed by atoms with Crippen molar-refractivity contribution >= 4 is 29.2 Å². The van der Waals surface area contributed by atoms with Crippen molar-refractivity contribution in [2.24, 2.45) is 0 Å². The van der Waals surface area contributed by atoms with E-state index >= 15 is 0 Å². The van der Waals surface area contributed by atoms with Gasteiger partial charge in [-0.1, -0.05) is 78.3 Å². The summed E-state index contributed by atoms with van der Waals surface area (Å²) in [7, 11) is 0. The molecule has 0 spiro atoms. The van der Waals surface area contributed by atoms with Crippen LogP contribution in [0.1, 0.15) is 27.9 Å². The van der Waals surface area contributed by atoms with Crippen LogP contribution in [-0.4, -0.2) is 59.1 Å². The zero-order valence-corrected chi connectivity index (χ0v) is 24.7. The zero-order chi connectivity index (χ0) is 31.5. The first kappa shape index (κ1) is 32.7. The summed E-state index contributed by atoms with van der Waals surface area (Å²) in [6.45, 7) is 6.01. The highest BCUT2D eigenvalue weighted by Crippen LogP contribution is 2.21. The van der Waals surface area contributed by atoms with Gasteiger partial charge in [0.25, 0.3) is 5.91 Å². The van der Waals surface area contributed by atoms with Crippen LogP contribution in [0.25, 0.3) is 11.1 Å². The summed E-state index contributed by atoms with van der Waals surface area (Å²) < 4.78 is 31.7. The molecule has 0 unspecified atom stereocenters. The summed E-state index contributed by atoms with van der Waals surface area (Å²) in [6.07, 6.45) is -3.95. The number of anilines is 1. The first-order chi connectivity index (χ1) is 21.1. The van der Waals surface area contributed by atoms with Gasteiger partial charge < -0.3 is 10.4 Å². The van der Waals surface area contributed by atoms with Crippen molar-refractivity contribution in [2.75, 3.05) is 31.5 Å². The Balaban J connectivity index is 0.000000566. The molecule has 2 N–H and O–H groups in total. The molecule has 6 nitrogen and oxygen atoms in total. The number of carboxylic acid groups (broad SMARTS) is 1. The monoisotopic (exact) mass is 623 g/mol. The van der Waals surface area contributed by atoms with Gasteiger partial charge in [0.1, 0.15) is 0 Å². The molecule has 44 heavy (non-hydrogen) atoms. The van der Waals surface area contributed by atoms with Crippen LogP contribution in [0.2, 0.25) is 5.02 Å². The number of rotatable bonds is 7. The Hall–Kier alpha value is -4.18. The maximum Gasteiger partial charge on any atom is 0.490 e. The van der Waals surface area contributed by atoms with Gasteiger partial charge in [-0.05, 0) is 78.2 Å². The van der Waals surface area contributed by atoms with Crippen molar-refractivity contribution in [1.29, 1.82) is 0 Å². The molecule has 1 aliphatic rings. The Morgan fingerprint density at radius 3 is 1.84 bits per heavy atom. The molecular weight excluding hydrogens is 591 g/mol. The predicted octanol–water partition coefficient (Wildman–Crippen LogP) is 7.60. The lowest BCUT2D eigenvalue weighted by Crippen LogP contribution is -2.30. The second kappa shape index (κ2) is 15.5. The lowest BCUT2D eigenvalue weighted by atomic mass is 10.0. The largest absolute Gasteiger partial charge is 0.490 e. The van der Waals surface area contributed by atoms with Gasteiger partial charge in [-0.25, -0.2) is 4.79 Å². The Bertz CT molecular complexity index is 1530. The molecule has 4 aromatic carbocycles. The third-order valence-electron chi connectivity index (χ3n) is 7.06. The Morgan fingerprint density at radius 1 is 0.727 bits per heavy atom. The maximum atomic E-state index is 12.9. The lowest BCUT2D eigenvalue weighted by Gasteiger charge is -2.22. The fraction of sp³-hybridized carbons (Fsp3) is 0.235. The molecule has 4 aromatic rings. The summed E-state index contributed by atoms with van der Waals surface area (Å²) in [6, 6.07) is 34.3. The second-order valence-electron chi connectivity index (χ2n) is 10.4. The SMILES string of the molecule is O=C(Nc1cccc(CN2CCCN(Cc3cccc(Cl)c3)CC2)c1)c1ccc(-c2ccccc2)cc1.O=C(O)C(F)(F)F. The third kappa shape index (κ3) is 10.2. The van der Waals surface area contributed by atoms with Crippen LogP contribution in [-0.2, 0) is 17.9 Å². The van der Waals surface area contributed by atoms with Crippen LogP contribution in [0, 0.1) is 0 Å². The van der Waals surface area contributed by atoms with Crippen molar-refractivity contribution in [1.82, 2.24) is 9.80 Å². The minimum absolute atomic E-state index is 0.0943. The van der Waals surface area contributed by atoms with Gasteiger partial charge in [0.05, 0.1) is 0 Å². The molecule has 0 aromatic heterocycles. The summed E-state index contributed by atoms with van der Waals surface area (Å²) in [5, 5.41) is 11.0. The summed E-state index contributed by atoms with van der Waals surface area (Å²) in [4.78, 5) is 26.8. The number of hydrogen-bond donors (Lipinski definition) is 2. The fourth-order valence-electron chi connectivity index (χ4n) is 4.89. The van der Waals surface area contributed by atoms with Gasteiger partial charge in [-0.15, -0.1) is 0 Å². The quantitative estimate of drug-likeness (QED) is 0.222. The second-order valence-corrected chi connectivity index (χ2v) is 10.9. The predicted molar refractivity (Wildman–Crippen MR) is 167 cm³/mol. The fourth-order valence-corrected chi connectivity index (χ4v) is 5.10. The molecule has 1 fully saturated rings. The third-order valence-corrected chi connectivity index (χ3v) is 7.30. The summed E-state index contributed by atoms with van der Waals surface area (Å²) in [5.41, 5.74) is 6.19. The molecule has 0 aliphatic carbocycles. The van der Waals surface area contributed by atoms with E-state index in [4.69, 9.17) is 21.5 Å². The van der Waals surface area contributed by atoms with Crippen molar-refractivity contribution in [3.8, 4) is 11.1 Å². The average Bonchev–Trinajstić information content (AvgIpc) is 3.22. The van der Waals surface area contributed by atoms with Gasteiger partial charge in [0.15, 0.2) is 0 Å². The lowest BCUT2D eigenvalue weighted by molar-refractivity contribution is -0.192. The van der Waals surface area contributed by atoms with Gasteiger partial charge in [0.2, 0.25) is 0 Å². The molecule has 10 heteroatoms. The van der Waals surface area contributed by atoms with Gasteiger partial charge in [-0.2, -0.15) is 13.2 Å². The minimum atomic E-state index is -5.08. The molecule has 1 heterocycles. The number of aliphatic carboxylic acids is 1. The van der Waals surface area contributed by atoms with Crippen molar-refractivity contribution in [3.05, 3.63) is 125 Å². The van der Waals surface area contributed by atoms with Crippen LogP contribution >= 0.6 is 11.6 Å². The van der Waals surface area contributed by atoms with Crippen molar-refractivity contribution in [3.63, 3.8) is 0 Å². The van der Waals surface area contributed by atoms with E-state index in [0.29, 0.717) is 5.56 Å². The minimum Gasteiger partial charge on any atom is -0.475 e. The van der Waals surface area contributed by atoms with E-state index in [-0.39, 0.29) is 5.91 Å². The van der Waals surface area contributed by atoms with Gasteiger partial charge >= 0.3 is 12.1 Å². The average molecular weight is 624 g/mol. The highest BCUT2D eigenvalue weighted by molar-refractivity contribution is 6.30. The van der Waals surface area contributed by atoms with Crippen LogP contribution < -0.4 is 5.32 Å². The number of carbonyl (C=O) groups excluding carboxylic acids is 1. The zero-order valence-electron chi connectivity index (χ0n) is 23.9. The van der Waals surface area contributed by atoms with Crippen molar-refractivity contribution in [2.45, 2.75) is 25.7 Å². The molecule has 0 atom stereocenters. The topological polar surface area (TPSA) is 72.9 Å². The number of nitrogens with one attached hydrogen (secondary N) is 1. The standard InChI is InChI=1S/C32H32ClN3O.C2HF3O2/c33-30-11-4-7-25(21-30)23-35-17-6-18-36(20-19-35)24-26-8-5-12-31(22-26)34-32(37)29-15-13-28(14-16-29)27-9-2-1-3-10-27;3-2(4,5)1(6)7/h1-5,7-16,21-22H,6,17-20,23-24H2,(H,34,37);(H,6,7). The Morgan fingerprint density at radius 2 is 1.27 bits per heavy atom. The highest BCUT2D eigenvalue weighted by atomic mass is 35.5. The Kier molecular flexibility index (Phi) is 11.5. The number of halogens is 4. The first-order valence-corrected chi connectivity index (χ1v) is 14.5. The molecule has 1 saturated heterocycles. The van der Waals surface area contributed by atoms with E-state index in [1.165, 1.54) is 11.1 Å². The molecule has 1 aliphatic heterocycles. The van der Waals surface area contributed by atoms with E-state index in [0.717, 1.165) is 67.5 Å². The highest BCUT2D eigenvalue weighted by Gasteiger charge is 2.38. The molecule has 0 radical (unpaired) electrons. The molecule has 0 saturated carbocycles. The first-order valence-electron chi connectivity index (χ1n) is 14.1. The number of benzene rings is 4. The number of carbonyl (C=O) groups is 2. The molecule has 230 valence electrons. The smallest absolute Gasteiger partial charge is 0.475 e. The van der Waals surface area contributed by atoms with Crippen LogP contribution in [0.5, 0.6) is 0 Å². The van der Waals surface area contributed by atoms with E-state index in [1.807, 2.05) is 66.7 Å². The molecule has 0 bridgehead atoms. The van der Waals surface area contributed by atoms with Gasteiger partial charge in [-0.3, -0.25) is 14.6 Å². The molecular formula is C34H33ClF3N3O3. The van der Waals surface area contributed by atoms with Gasteiger partial charge in [0, 0.05) is 42.5 Å². The summed E-state index contributed by atoms with van der Waals surface area (Å²) in [5.74, 6) is -2.85. The van der Waals surface area contributed by atoms with Crippen LogP contribution in [0.3, 0.4) is 0 Å². The normalized spacial score (nSPS) is 14.2. The number of alkyl halides is 3. The Labute approximate surface area is 259 Å². The van der Waals surface area contributed by atoms with E-state index in [2.05, 4.69) is 51.5 Å². The van der Waals surface area contributed by atoms with Crippen LogP contribution in [0.4, 0.5) is 18.9 Å². The molecule has 5 rings (SSSR count). The van der Waals surface area contributed by atoms with Crippen molar-refractivity contribution < 1.29 is 27.9 Å². The maximum absolute atomic E-state index is 12.9. The van der Waals surface area contributed by atoms with Crippen LogP contribution in [0.15, 0.2) is 103 Å². The number of amides is 1. The number of carboxylic acids is 1. The summed E-state index contributed by atoms with van der Waals surface area (Å²) >= 11 is 6.16. The van der Waals surface area contributed by atoms with E-state index in [9.17, 15) is 18.0 Å².